The number of aliphatic hydroxyl groups excluding tert-OH is 1. The van der Waals surface area contributed by atoms with Crippen LogP contribution in [0.4, 0.5) is 0 Å². The average molecular weight is 190 g/mol. The lowest BCUT2D eigenvalue weighted by Gasteiger charge is -2.19. The number of hydrogen-bond donors (Lipinski definition) is 2. The van der Waals surface area contributed by atoms with E-state index in [9.17, 15) is 5.11 Å². The summed E-state index contributed by atoms with van der Waals surface area (Å²) in [6.45, 7) is 0. The van der Waals surface area contributed by atoms with Crippen molar-refractivity contribution in [2.45, 2.75) is 24.9 Å². The Morgan fingerprint density at radius 3 is 2.29 bits per heavy atom. The molecule has 14 heavy (non-hydrogen) atoms. The number of rotatable bonds is 1. The zero-order chi connectivity index (χ0) is 9.97. The molecule has 0 aliphatic heterocycles. The van der Waals surface area contributed by atoms with Gasteiger partial charge >= 0.3 is 0 Å². The number of hydrogen-bond acceptors (Lipinski definition) is 2. The summed E-state index contributed by atoms with van der Waals surface area (Å²) < 4.78 is 0. The van der Waals surface area contributed by atoms with E-state index in [0.29, 0.717) is 11.7 Å². The third kappa shape index (κ3) is 1.96. The van der Waals surface area contributed by atoms with Crippen molar-refractivity contribution in [1.29, 1.82) is 0 Å². The van der Waals surface area contributed by atoms with Gasteiger partial charge in [0.15, 0.2) is 0 Å². The highest BCUT2D eigenvalue weighted by Crippen LogP contribution is 2.28. The molecule has 0 spiro atoms. The van der Waals surface area contributed by atoms with E-state index in [2.05, 4.69) is 0 Å². The summed E-state index contributed by atoms with van der Waals surface area (Å²) in [6.07, 6.45) is 5.41. The molecule has 1 aliphatic carbocycles. The van der Waals surface area contributed by atoms with E-state index < -0.39 is 0 Å². The molecule has 0 aromatic heterocycles. The highest BCUT2D eigenvalue weighted by molar-refractivity contribution is 5.31. The van der Waals surface area contributed by atoms with Crippen LogP contribution in [0.25, 0.3) is 0 Å². The van der Waals surface area contributed by atoms with Gasteiger partial charge in [-0.15, -0.1) is 0 Å². The van der Waals surface area contributed by atoms with Gasteiger partial charge < -0.3 is 10.2 Å². The number of aromatic hydroxyl groups is 1. The maximum atomic E-state index is 9.29. The van der Waals surface area contributed by atoms with E-state index in [-0.39, 0.29) is 6.10 Å². The predicted molar refractivity (Wildman–Crippen MR) is 55.2 cm³/mol. The SMILES string of the molecule is Oc1ccc(C2C=CC(O)CC2)cc1. The number of phenols is 1. The molecule has 2 nitrogen and oxygen atoms in total. The van der Waals surface area contributed by atoms with Crippen molar-refractivity contribution in [1.82, 2.24) is 0 Å². The van der Waals surface area contributed by atoms with Crippen molar-refractivity contribution in [3.8, 4) is 5.75 Å². The molecule has 0 saturated carbocycles. The molecule has 2 rings (SSSR count). The third-order valence-corrected chi connectivity index (χ3v) is 2.66. The minimum Gasteiger partial charge on any atom is -0.508 e. The molecular weight excluding hydrogens is 176 g/mol. The van der Waals surface area contributed by atoms with E-state index in [4.69, 9.17) is 5.11 Å². The Labute approximate surface area is 83.5 Å². The number of phenolic OH excluding ortho intramolecular Hbond substituents is 1. The molecule has 0 fully saturated rings. The van der Waals surface area contributed by atoms with Gasteiger partial charge in [0.2, 0.25) is 0 Å². The lowest BCUT2D eigenvalue weighted by molar-refractivity contribution is 0.201. The summed E-state index contributed by atoms with van der Waals surface area (Å²) in [5.74, 6) is 0.688. The zero-order valence-electron chi connectivity index (χ0n) is 7.93. The normalized spacial score (nSPS) is 26.4. The molecule has 0 amide bonds. The Hall–Kier alpha value is -1.28. The van der Waals surface area contributed by atoms with E-state index >= 15 is 0 Å². The van der Waals surface area contributed by atoms with Crippen LogP contribution >= 0.6 is 0 Å². The molecule has 0 saturated heterocycles. The smallest absolute Gasteiger partial charge is 0.115 e. The molecule has 2 heteroatoms. The van der Waals surface area contributed by atoms with E-state index in [1.165, 1.54) is 5.56 Å². The fourth-order valence-electron chi connectivity index (χ4n) is 1.80. The monoisotopic (exact) mass is 190 g/mol. The van der Waals surface area contributed by atoms with Gasteiger partial charge in [0.25, 0.3) is 0 Å². The third-order valence-electron chi connectivity index (χ3n) is 2.66. The van der Waals surface area contributed by atoms with E-state index in [1.807, 2.05) is 24.3 Å². The first-order valence-electron chi connectivity index (χ1n) is 4.91. The molecule has 1 aromatic rings. The van der Waals surface area contributed by atoms with Crippen molar-refractivity contribution in [2.75, 3.05) is 0 Å². The summed E-state index contributed by atoms with van der Waals surface area (Å²) in [7, 11) is 0. The van der Waals surface area contributed by atoms with Crippen LogP contribution in [0.5, 0.6) is 5.75 Å². The summed E-state index contributed by atoms with van der Waals surface area (Å²) in [4.78, 5) is 0. The first kappa shape index (κ1) is 9.28. The number of allylic oxidation sites excluding steroid dienone is 1. The van der Waals surface area contributed by atoms with Crippen LogP contribution in [0, 0.1) is 0 Å². The largest absolute Gasteiger partial charge is 0.508 e. The second kappa shape index (κ2) is 3.84. The second-order valence-electron chi connectivity index (χ2n) is 3.73. The maximum Gasteiger partial charge on any atom is 0.115 e. The van der Waals surface area contributed by atoms with Crippen molar-refractivity contribution in [2.24, 2.45) is 0 Å². The fourth-order valence-corrected chi connectivity index (χ4v) is 1.80. The number of benzene rings is 1. The van der Waals surface area contributed by atoms with Crippen LogP contribution in [0.1, 0.15) is 24.3 Å². The topological polar surface area (TPSA) is 40.5 Å². The van der Waals surface area contributed by atoms with Gasteiger partial charge in [-0.1, -0.05) is 24.3 Å². The molecule has 74 valence electrons. The lowest BCUT2D eigenvalue weighted by Crippen LogP contribution is -2.10. The highest BCUT2D eigenvalue weighted by atomic mass is 16.3. The molecular formula is C12H14O2. The highest BCUT2D eigenvalue weighted by Gasteiger charge is 2.14. The van der Waals surface area contributed by atoms with E-state index in [0.717, 1.165) is 12.8 Å². The van der Waals surface area contributed by atoms with Gasteiger partial charge in [0, 0.05) is 5.92 Å². The first-order chi connectivity index (χ1) is 6.75. The molecule has 1 aromatic carbocycles. The molecule has 0 bridgehead atoms. The molecule has 2 unspecified atom stereocenters. The molecule has 2 N–H and O–H groups in total. The van der Waals surface area contributed by atoms with Crippen LogP contribution in [0.15, 0.2) is 36.4 Å². The Morgan fingerprint density at radius 2 is 1.71 bits per heavy atom. The average Bonchev–Trinajstić information content (AvgIpc) is 2.21. The summed E-state index contributed by atoms with van der Waals surface area (Å²) in [6, 6.07) is 7.27. The first-order valence-corrected chi connectivity index (χ1v) is 4.91. The van der Waals surface area contributed by atoms with Gasteiger partial charge in [-0.25, -0.2) is 0 Å². The molecule has 0 radical (unpaired) electrons. The Bertz CT molecular complexity index is 327. The summed E-state index contributed by atoms with van der Waals surface area (Å²) >= 11 is 0. The predicted octanol–water partition coefficient (Wildman–Crippen LogP) is 2.19. The Morgan fingerprint density at radius 1 is 1.00 bits per heavy atom. The van der Waals surface area contributed by atoms with Crippen molar-refractivity contribution in [3.05, 3.63) is 42.0 Å². The fraction of sp³-hybridized carbons (Fsp3) is 0.333. The van der Waals surface area contributed by atoms with Gasteiger partial charge in [0.05, 0.1) is 6.10 Å². The Balaban J connectivity index is 2.16. The van der Waals surface area contributed by atoms with Gasteiger partial charge in [-0.2, -0.15) is 0 Å². The summed E-state index contributed by atoms with van der Waals surface area (Å²) in [5, 5.41) is 18.4. The quantitative estimate of drug-likeness (QED) is 0.666. The standard InChI is InChI=1S/C12H14O2/c13-11-5-1-9(2-6-11)10-3-7-12(14)8-4-10/h1-3,5-7,10,12-14H,4,8H2. The second-order valence-corrected chi connectivity index (χ2v) is 3.73. The minimum absolute atomic E-state index is 0.275. The lowest BCUT2D eigenvalue weighted by atomic mass is 9.88. The van der Waals surface area contributed by atoms with Crippen LogP contribution < -0.4 is 0 Å². The molecule has 1 aliphatic rings. The van der Waals surface area contributed by atoms with Crippen LogP contribution in [-0.2, 0) is 0 Å². The van der Waals surface area contributed by atoms with E-state index in [1.54, 1.807) is 12.1 Å². The molecule has 2 atom stereocenters. The van der Waals surface area contributed by atoms with Crippen LogP contribution in [-0.4, -0.2) is 16.3 Å². The summed E-state index contributed by atoms with van der Waals surface area (Å²) in [5.41, 5.74) is 1.20. The maximum absolute atomic E-state index is 9.29. The van der Waals surface area contributed by atoms with Crippen molar-refractivity contribution in [3.63, 3.8) is 0 Å². The van der Waals surface area contributed by atoms with Gasteiger partial charge in [0.1, 0.15) is 5.75 Å². The minimum atomic E-state index is -0.275. The molecule has 0 heterocycles. The van der Waals surface area contributed by atoms with Gasteiger partial charge in [-0.05, 0) is 30.5 Å². The zero-order valence-corrected chi connectivity index (χ0v) is 7.93. The van der Waals surface area contributed by atoms with Crippen molar-refractivity contribution < 1.29 is 10.2 Å². The number of aliphatic hydroxyl groups is 1. The van der Waals surface area contributed by atoms with Crippen molar-refractivity contribution >= 4 is 0 Å². The van der Waals surface area contributed by atoms with Gasteiger partial charge in [-0.3, -0.25) is 0 Å². The Kier molecular flexibility index (Phi) is 2.55. The van der Waals surface area contributed by atoms with Crippen LogP contribution in [0.2, 0.25) is 0 Å². The van der Waals surface area contributed by atoms with Crippen LogP contribution in [0.3, 0.4) is 0 Å².